The molecule has 0 heterocycles. The highest BCUT2D eigenvalue weighted by Crippen LogP contribution is 2.66. The first kappa shape index (κ1) is 12.0. The van der Waals surface area contributed by atoms with E-state index < -0.39 is 0 Å². The van der Waals surface area contributed by atoms with Gasteiger partial charge in [0.25, 0.3) is 0 Å². The van der Waals surface area contributed by atoms with Crippen LogP contribution in [0.4, 0.5) is 0 Å². The van der Waals surface area contributed by atoms with Crippen molar-refractivity contribution in [2.45, 2.75) is 71.3 Å². The molecular formula is C16H29N. The molecule has 17 heavy (non-hydrogen) atoms. The van der Waals surface area contributed by atoms with Crippen molar-refractivity contribution in [2.75, 3.05) is 7.05 Å². The predicted molar refractivity (Wildman–Crippen MR) is 73.0 cm³/mol. The lowest BCUT2D eigenvalue weighted by molar-refractivity contribution is -0.113. The van der Waals surface area contributed by atoms with E-state index in [0.29, 0.717) is 16.4 Å². The fourth-order valence-electron chi connectivity index (χ4n) is 6.16. The minimum atomic E-state index is 0.321. The van der Waals surface area contributed by atoms with Gasteiger partial charge in [-0.05, 0) is 88.5 Å². The molecule has 1 N–H and O–H groups in total. The highest BCUT2D eigenvalue weighted by atomic mass is 14.9. The molecule has 2 unspecified atom stereocenters. The molecule has 4 rings (SSSR count). The van der Waals surface area contributed by atoms with E-state index in [1.807, 2.05) is 0 Å². The molecule has 98 valence electrons. The molecule has 4 saturated carbocycles. The van der Waals surface area contributed by atoms with Crippen molar-refractivity contribution in [2.24, 2.45) is 22.7 Å². The Bertz CT molecular complexity index is 303. The first-order chi connectivity index (χ1) is 7.84. The molecule has 0 aromatic carbocycles. The van der Waals surface area contributed by atoms with Gasteiger partial charge in [0, 0.05) is 5.54 Å². The lowest BCUT2D eigenvalue weighted by atomic mass is 9.43. The van der Waals surface area contributed by atoms with Crippen LogP contribution in [-0.2, 0) is 0 Å². The largest absolute Gasteiger partial charge is 0.315 e. The molecule has 0 spiro atoms. The molecular weight excluding hydrogens is 206 g/mol. The van der Waals surface area contributed by atoms with Gasteiger partial charge in [-0.1, -0.05) is 6.92 Å². The molecule has 4 aliphatic rings. The summed E-state index contributed by atoms with van der Waals surface area (Å²) in [5, 5.41) is 3.53. The van der Waals surface area contributed by atoms with Gasteiger partial charge < -0.3 is 5.32 Å². The smallest absolute Gasteiger partial charge is 0.0127 e. The summed E-state index contributed by atoms with van der Waals surface area (Å²) >= 11 is 0. The summed E-state index contributed by atoms with van der Waals surface area (Å²) in [6.07, 6.45) is 10.6. The van der Waals surface area contributed by atoms with Gasteiger partial charge in [-0.15, -0.1) is 0 Å². The third-order valence-corrected chi connectivity index (χ3v) is 5.97. The number of hydrogen-bond acceptors (Lipinski definition) is 1. The number of rotatable bonds is 3. The second-order valence-electron chi connectivity index (χ2n) is 8.58. The van der Waals surface area contributed by atoms with E-state index in [4.69, 9.17) is 0 Å². The SMILES string of the molecule is CNC(C)(C)CC12CC3CC(CC(C)(C3)C1)C2. The quantitative estimate of drug-likeness (QED) is 0.780. The van der Waals surface area contributed by atoms with Crippen molar-refractivity contribution in [3.63, 3.8) is 0 Å². The Hall–Kier alpha value is -0.0400. The van der Waals surface area contributed by atoms with Crippen LogP contribution >= 0.6 is 0 Å². The van der Waals surface area contributed by atoms with Crippen molar-refractivity contribution in [3.8, 4) is 0 Å². The van der Waals surface area contributed by atoms with E-state index >= 15 is 0 Å². The van der Waals surface area contributed by atoms with Crippen molar-refractivity contribution in [1.82, 2.24) is 5.32 Å². The molecule has 4 fully saturated rings. The van der Waals surface area contributed by atoms with E-state index in [-0.39, 0.29) is 0 Å². The van der Waals surface area contributed by atoms with Crippen LogP contribution in [0.5, 0.6) is 0 Å². The molecule has 0 aromatic rings. The van der Waals surface area contributed by atoms with Crippen LogP contribution in [0, 0.1) is 22.7 Å². The number of hydrogen-bond donors (Lipinski definition) is 1. The van der Waals surface area contributed by atoms with Crippen LogP contribution in [-0.4, -0.2) is 12.6 Å². The Morgan fingerprint density at radius 1 is 1.12 bits per heavy atom. The van der Waals surface area contributed by atoms with Crippen molar-refractivity contribution >= 4 is 0 Å². The fourth-order valence-corrected chi connectivity index (χ4v) is 6.16. The van der Waals surface area contributed by atoms with Crippen LogP contribution in [0.1, 0.15) is 65.7 Å². The average molecular weight is 235 g/mol. The summed E-state index contributed by atoms with van der Waals surface area (Å²) in [7, 11) is 2.13. The van der Waals surface area contributed by atoms with E-state index in [1.54, 1.807) is 6.42 Å². The third-order valence-electron chi connectivity index (χ3n) is 5.97. The van der Waals surface area contributed by atoms with Gasteiger partial charge in [-0.2, -0.15) is 0 Å². The van der Waals surface area contributed by atoms with Crippen LogP contribution in [0.15, 0.2) is 0 Å². The molecule has 1 heteroatoms. The van der Waals surface area contributed by atoms with Crippen molar-refractivity contribution in [3.05, 3.63) is 0 Å². The summed E-state index contributed by atoms with van der Waals surface area (Å²) in [5.74, 6) is 2.13. The Labute approximate surface area is 107 Å². The van der Waals surface area contributed by atoms with Gasteiger partial charge in [0.05, 0.1) is 0 Å². The van der Waals surface area contributed by atoms with Crippen molar-refractivity contribution in [1.29, 1.82) is 0 Å². The van der Waals surface area contributed by atoms with Gasteiger partial charge in [-0.3, -0.25) is 0 Å². The Morgan fingerprint density at radius 3 is 2.18 bits per heavy atom. The second-order valence-corrected chi connectivity index (χ2v) is 8.58. The monoisotopic (exact) mass is 235 g/mol. The van der Waals surface area contributed by atoms with Crippen LogP contribution in [0.25, 0.3) is 0 Å². The predicted octanol–water partition coefficient (Wildman–Crippen LogP) is 3.98. The summed E-state index contributed by atoms with van der Waals surface area (Å²) in [4.78, 5) is 0. The molecule has 0 aromatic heterocycles. The highest BCUT2D eigenvalue weighted by molar-refractivity contribution is 5.07. The lowest BCUT2D eigenvalue weighted by Crippen LogP contribution is -2.54. The zero-order valence-corrected chi connectivity index (χ0v) is 12.1. The fraction of sp³-hybridized carbons (Fsp3) is 1.00. The Balaban J connectivity index is 1.84. The Kier molecular flexibility index (Phi) is 2.47. The van der Waals surface area contributed by atoms with Gasteiger partial charge in [0.2, 0.25) is 0 Å². The molecule has 2 atom stereocenters. The molecule has 4 bridgehead atoms. The normalized spacial score (nSPS) is 48.7. The molecule has 1 nitrogen and oxygen atoms in total. The summed E-state index contributed by atoms with van der Waals surface area (Å²) in [5.41, 5.74) is 1.71. The maximum Gasteiger partial charge on any atom is 0.0127 e. The minimum Gasteiger partial charge on any atom is -0.315 e. The highest BCUT2D eigenvalue weighted by Gasteiger charge is 2.56. The maximum absolute atomic E-state index is 3.53. The second kappa shape index (κ2) is 3.50. The number of nitrogens with one attached hydrogen (secondary N) is 1. The minimum absolute atomic E-state index is 0.321. The molecule has 0 saturated heterocycles. The van der Waals surface area contributed by atoms with Crippen LogP contribution in [0.3, 0.4) is 0 Å². The molecule has 0 amide bonds. The van der Waals surface area contributed by atoms with Gasteiger partial charge in [0.15, 0.2) is 0 Å². The zero-order valence-electron chi connectivity index (χ0n) is 12.1. The average Bonchev–Trinajstić information content (AvgIpc) is 2.11. The topological polar surface area (TPSA) is 12.0 Å². The summed E-state index contributed by atoms with van der Waals surface area (Å²) in [6, 6.07) is 0. The lowest BCUT2D eigenvalue weighted by Gasteiger charge is -2.62. The van der Waals surface area contributed by atoms with E-state index in [2.05, 4.69) is 33.1 Å². The standard InChI is InChI=1S/C16H29N/c1-14(2,17-4)10-16-8-12-5-13(9-16)7-15(3,6-12)11-16/h12-13,17H,5-11H2,1-4H3. The van der Waals surface area contributed by atoms with Gasteiger partial charge >= 0.3 is 0 Å². The first-order valence-electron chi connectivity index (χ1n) is 7.53. The maximum atomic E-state index is 3.53. The van der Waals surface area contributed by atoms with Crippen LogP contribution in [0.2, 0.25) is 0 Å². The van der Waals surface area contributed by atoms with E-state index in [0.717, 1.165) is 11.8 Å². The van der Waals surface area contributed by atoms with Crippen molar-refractivity contribution < 1.29 is 0 Å². The van der Waals surface area contributed by atoms with E-state index in [9.17, 15) is 0 Å². The summed E-state index contributed by atoms with van der Waals surface area (Å²) in [6.45, 7) is 7.34. The zero-order chi connectivity index (χ0) is 12.3. The molecule has 4 aliphatic carbocycles. The van der Waals surface area contributed by atoms with E-state index in [1.165, 1.54) is 38.5 Å². The van der Waals surface area contributed by atoms with Crippen LogP contribution < -0.4 is 5.32 Å². The molecule has 0 radical (unpaired) electrons. The third kappa shape index (κ3) is 2.05. The first-order valence-corrected chi connectivity index (χ1v) is 7.53. The van der Waals surface area contributed by atoms with Gasteiger partial charge in [-0.25, -0.2) is 0 Å². The molecule has 0 aliphatic heterocycles. The van der Waals surface area contributed by atoms with Gasteiger partial charge in [0.1, 0.15) is 0 Å². The summed E-state index contributed by atoms with van der Waals surface area (Å²) < 4.78 is 0. The Morgan fingerprint density at radius 2 is 1.71 bits per heavy atom.